The monoisotopic (exact) mass is 329 g/mol. The zero-order chi connectivity index (χ0) is 14.1. The lowest BCUT2D eigenvalue weighted by molar-refractivity contribution is -0.117. The zero-order valence-electron chi connectivity index (χ0n) is 10.6. The molecule has 4 heteroatoms. The first-order valence-corrected chi connectivity index (χ1v) is 7.13. The minimum Gasteiger partial charge on any atom is -0.325 e. The van der Waals surface area contributed by atoms with Crippen molar-refractivity contribution in [2.45, 2.75) is 12.3 Å². The van der Waals surface area contributed by atoms with Crippen LogP contribution in [0.25, 0.3) is 0 Å². The minimum absolute atomic E-state index is 0.0191. The molecule has 0 spiro atoms. The molecule has 0 radical (unpaired) electrons. The van der Waals surface area contributed by atoms with E-state index in [9.17, 15) is 9.59 Å². The number of carbonyl (C=O) groups excluding carboxylic acids is 2. The van der Waals surface area contributed by atoms with Crippen LogP contribution in [-0.4, -0.2) is 11.7 Å². The Balaban J connectivity index is 1.83. The number of carbonyl (C=O) groups is 2. The van der Waals surface area contributed by atoms with E-state index >= 15 is 0 Å². The van der Waals surface area contributed by atoms with Crippen molar-refractivity contribution in [3.05, 3.63) is 64.1 Å². The summed E-state index contributed by atoms with van der Waals surface area (Å²) in [7, 11) is 0. The number of Topliss-reactive ketones (excluding diaryl/α,β-unsaturated/α-hetero) is 1. The standard InChI is InChI=1S/C16H12BrNO2/c17-11-7-5-10(6-8-11)15(19)9-13-12-3-1-2-4-14(12)18-16(13)20/h1-8,13H,9H2,(H,18,20). The highest BCUT2D eigenvalue weighted by atomic mass is 79.9. The third-order valence-corrected chi connectivity index (χ3v) is 3.99. The molecule has 1 amide bonds. The molecule has 2 aromatic rings. The summed E-state index contributed by atoms with van der Waals surface area (Å²) in [5.41, 5.74) is 2.35. The van der Waals surface area contributed by atoms with Crippen LogP contribution in [0, 0.1) is 0 Å². The molecule has 1 aliphatic heterocycles. The molecule has 0 aromatic heterocycles. The molecule has 1 aliphatic rings. The average molecular weight is 330 g/mol. The first kappa shape index (κ1) is 13.1. The molecule has 3 nitrogen and oxygen atoms in total. The molecule has 100 valence electrons. The van der Waals surface area contributed by atoms with E-state index in [4.69, 9.17) is 0 Å². The Labute approximate surface area is 125 Å². The molecular formula is C16H12BrNO2. The van der Waals surface area contributed by atoms with Gasteiger partial charge in [-0.15, -0.1) is 0 Å². The summed E-state index contributed by atoms with van der Waals surface area (Å²) < 4.78 is 0.929. The number of hydrogen-bond acceptors (Lipinski definition) is 2. The topological polar surface area (TPSA) is 46.2 Å². The smallest absolute Gasteiger partial charge is 0.232 e. The summed E-state index contributed by atoms with van der Waals surface area (Å²) in [5.74, 6) is -0.506. The lowest BCUT2D eigenvalue weighted by Crippen LogP contribution is -2.16. The largest absolute Gasteiger partial charge is 0.325 e. The summed E-state index contributed by atoms with van der Waals surface area (Å²) in [6, 6.07) is 14.7. The van der Waals surface area contributed by atoms with E-state index in [1.54, 1.807) is 12.1 Å². The maximum Gasteiger partial charge on any atom is 0.232 e. The number of rotatable bonds is 3. The third-order valence-electron chi connectivity index (χ3n) is 3.47. The summed E-state index contributed by atoms with van der Waals surface area (Å²) >= 11 is 3.34. The van der Waals surface area contributed by atoms with Crippen LogP contribution >= 0.6 is 15.9 Å². The SMILES string of the molecule is O=C(CC1C(=O)Nc2ccccc21)c1ccc(Br)cc1. The minimum atomic E-state index is -0.387. The van der Waals surface area contributed by atoms with Gasteiger partial charge in [0.25, 0.3) is 0 Å². The number of para-hydroxylation sites is 1. The van der Waals surface area contributed by atoms with Crippen molar-refractivity contribution in [2.75, 3.05) is 5.32 Å². The normalized spacial score (nSPS) is 16.6. The highest BCUT2D eigenvalue weighted by Crippen LogP contribution is 2.35. The summed E-state index contributed by atoms with van der Waals surface area (Å²) in [6.45, 7) is 0. The van der Waals surface area contributed by atoms with Gasteiger partial charge in [-0.05, 0) is 23.8 Å². The Bertz CT molecular complexity index is 679. The lowest BCUT2D eigenvalue weighted by Gasteiger charge is -2.08. The van der Waals surface area contributed by atoms with E-state index < -0.39 is 0 Å². The van der Waals surface area contributed by atoms with E-state index in [1.807, 2.05) is 36.4 Å². The highest BCUT2D eigenvalue weighted by molar-refractivity contribution is 9.10. The number of halogens is 1. The van der Waals surface area contributed by atoms with Gasteiger partial charge in [0, 0.05) is 22.1 Å². The third kappa shape index (κ3) is 2.39. The van der Waals surface area contributed by atoms with Gasteiger partial charge in [-0.25, -0.2) is 0 Å². The van der Waals surface area contributed by atoms with Crippen molar-refractivity contribution in [3.8, 4) is 0 Å². The summed E-state index contributed by atoms with van der Waals surface area (Å²) in [6.07, 6.45) is 0.199. The second-order valence-electron chi connectivity index (χ2n) is 4.76. The summed E-state index contributed by atoms with van der Waals surface area (Å²) in [5, 5.41) is 2.81. The van der Waals surface area contributed by atoms with E-state index in [2.05, 4.69) is 21.2 Å². The molecule has 0 bridgehead atoms. The molecule has 1 heterocycles. The maximum absolute atomic E-state index is 12.3. The second kappa shape index (κ2) is 5.21. The van der Waals surface area contributed by atoms with Crippen LogP contribution in [0.3, 0.4) is 0 Å². The van der Waals surface area contributed by atoms with E-state index in [-0.39, 0.29) is 24.0 Å². The van der Waals surface area contributed by atoms with Crippen molar-refractivity contribution in [3.63, 3.8) is 0 Å². The molecule has 2 aromatic carbocycles. The van der Waals surface area contributed by atoms with Crippen LogP contribution in [-0.2, 0) is 4.79 Å². The van der Waals surface area contributed by atoms with Crippen LogP contribution in [0.15, 0.2) is 53.0 Å². The van der Waals surface area contributed by atoms with Crippen molar-refractivity contribution in [1.82, 2.24) is 0 Å². The average Bonchev–Trinajstić information content (AvgIpc) is 2.76. The van der Waals surface area contributed by atoms with Gasteiger partial charge >= 0.3 is 0 Å². The van der Waals surface area contributed by atoms with Gasteiger partial charge in [-0.3, -0.25) is 9.59 Å². The molecule has 1 unspecified atom stereocenters. The van der Waals surface area contributed by atoms with Crippen molar-refractivity contribution >= 4 is 33.3 Å². The van der Waals surface area contributed by atoms with Gasteiger partial charge in [-0.2, -0.15) is 0 Å². The fraction of sp³-hybridized carbons (Fsp3) is 0.125. The van der Waals surface area contributed by atoms with Crippen molar-refractivity contribution in [1.29, 1.82) is 0 Å². The number of nitrogens with one attached hydrogen (secondary N) is 1. The lowest BCUT2D eigenvalue weighted by atomic mass is 9.93. The van der Waals surface area contributed by atoms with Crippen LogP contribution in [0.2, 0.25) is 0 Å². The van der Waals surface area contributed by atoms with E-state index in [0.29, 0.717) is 5.56 Å². The number of fused-ring (bicyclic) bond motifs is 1. The van der Waals surface area contributed by atoms with Crippen LogP contribution in [0.5, 0.6) is 0 Å². The molecular weight excluding hydrogens is 318 g/mol. The van der Waals surface area contributed by atoms with Crippen molar-refractivity contribution < 1.29 is 9.59 Å². The molecule has 0 aliphatic carbocycles. The Morgan fingerprint density at radius 3 is 2.55 bits per heavy atom. The van der Waals surface area contributed by atoms with Gasteiger partial charge < -0.3 is 5.32 Å². The van der Waals surface area contributed by atoms with Crippen LogP contribution in [0.4, 0.5) is 5.69 Å². The molecule has 1 N–H and O–H groups in total. The zero-order valence-corrected chi connectivity index (χ0v) is 12.2. The van der Waals surface area contributed by atoms with Gasteiger partial charge in [0.2, 0.25) is 5.91 Å². The molecule has 0 fully saturated rings. The van der Waals surface area contributed by atoms with Crippen LogP contribution in [0.1, 0.15) is 28.3 Å². The van der Waals surface area contributed by atoms with Crippen molar-refractivity contribution in [2.24, 2.45) is 0 Å². The Hall–Kier alpha value is -1.94. The van der Waals surface area contributed by atoms with Gasteiger partial charge in [0.15, 0.2) is 5.78 Å². The summed E-state index contributed by atoms with van der Waals surface area (Å²) in [4.78, 5) is 24.3. The second-order valence-corrected chi connectivity index (χ2v) is 5.68. The van der Waals surface area contributed by atoms with Crippen LogP contribution < -0.4 is 5.32 Å². The maximum atomic E-state index is 12.3. The highest BCUT2D eigenvalue weighted by Gasteiger charge is 2.31. The molecule has 1 atom stereocenters. The molecule has 0 saturated carbocycles. The Morgan fingerprint density at radius 2 is 1.80 bits per heavy atom. The number of hydrogen-bond donors (Lipinski definition) is 1. The first-order chi connectivity index (χ1) is 9.65. The van der Waals surface area contributed by atoms with E-state index in [0.717, 1.165) is 15.7 Å². The Morgan fingerprint density at radius 1 is 1.10 bits per heavy atom. The number of anilines is 1. The quantitative estimate of drug-likeness (QED) is 0.871. The first-order valence-electron chi connectivity index (χ1n) is 6.34. The predicted molar refractivity (Wildman–Crippen MR) is 80.9 cm³/mol. The molecule has 20 heavy (non-hydrogen) atoms. The van der Waals surface area contributed by atoms with Gasteiger partial charge in [0.05, 0.1) is 5.92 Å². The number of benzene rings is 2. The number of ketones is 1. The molecule has 3 rings (SSSR count). The van der Waals surface area contributed by atoms with Gasteiger partial charge in [0.1, 0.15) is 0 Å². The molecule has 0 saturated heterocycles. The fourth-order valence-corrected chi connectivity index (χ4v) is 2.68. The van der Waals surface area contributed by atoms with E-state index in [1.165, 1.54) is 0 Å². The number of amides is 1. The van der Waals surface area contributed by atoms with Gasteiger partial charge in [-0.1, -0.05) is 46.3 Å². The Kier molecular flexibility index (Phi) is 3.40. The fourth-order valence-electron chi connectivity index (χ4n) is 2.42. The predicted octanol–water partition coefficient (Wildman–Crippen LogP) is 3.76.